The number of unbranched alkanes of at least 4 members (excludes halogenated alkanes) is 2. The molecule has 0 aliphatic heterocycles. The van der Waals surface area contributed by atoms with E-state index >= 15 is 0 Å². The highest BCUT2D eigenvalue weighted by Gasteiger charge is 2.67. The van der Waals surface area contributed by atoms with Crippen molar-refractivity contribution in [2.75, 3.05) is 46.7 Å². The van der Waals surface area contributed by atoms with Crippen molar-refractivity contribution in [3.05, 3.63) is 53.7 Å². The zero-order valence-electron chi connectivity index (χ0n) is 29.2. The number of hydrogen-bond acceptors (Lipinski definition) is 7. The number of carboxylic acid groups (broad SMARTS) is 1. The average Bonchev–Trinajstić information content (AvgIpc) is 3.69. The highest BCUT2D eigenvalue weighted by atomic mass is 16.5. The maximum absolute atomic E-state index is 14.2. The summed E-state index contributed by atoms with van der Waals surface area (Å²) in [6, 6.07) is 13.6. The highest BCUT2D eigenvalue weighted by Crippen LogP contribution is 2.63. The van der Waals surface area contributed by atoms with E-state index in [1.165, 1.54) is 6.42 Å². The number of anilines is 1. The third kappa shape index (κ3) is 6.15. The molecule has 4 saturated carbocycles. The monoisotopic (exact) mass is 657 g/mol. The van der Waals surface area contributed by atoms with Gasteiger partial charge < -0.3 is 30.1 Å². The molecule has 1 amide bonds. The number of aliphatic carboxylic acids is 1. The van der Waals surface area contributed by atoms with Gasteiger partial charge in [-0.2, -0.15) is 5.10 Å². The number of rotatable bonds is 15. The van der Waals surface area contributed by atoms with Gasteiger partial charge in [0.15, 0.2) is 5.69 Å². The van der Waals surface area contributed by atoms with Gasteiger partial charge >= 0.3 is 5.97 Å². The summed E-state index contributed by atoms with van der Waals surface area (Å²) in [5.74, 6) is 0.731. The fourth-order valence-corrected chi connectivity index (χ4v) is 8.86. The van der Waals surface area contributed by atoms with Crippen LogP contribution in [0.2, 0.25) is 0 Å². The molecule has 5 unspecified atom stereocenters. The Morgan fingerprint density at radius 2 is 1.77 bits per heavy atom. The molecular weight excluding hydrogens is 606 g/mol. The number of amides is 1. The van der Waals surface area contributed by atoms with Crippen molar-refractivity contribution in [1.82, 2.24) is 20.0 Å². The molecule has 1 heterocycles. The third-order valence-electron chi connectivity index (χ3n) is 11.0. The van der Waals surface area contributed by atoms with Gasteiger partial charge in [-0.3, -0.25) is 4.79 Å². The third-order valence-corrected chi connectivity index (χ3v) is 11.0. The van der Waals surface area contributed by atoms with Gasteiger partial charge in [-0.05, 0) is 131 Å². The molecule has 10 heteroatoms. The van der Waals surface area contributed by atoms with Crippen LogP contribution in [0.25, 0.3) is 16.9 Å². The molecule has 1 aromatic heterocycles. The minimum atomic E-state index is -1.26. The van der Waals surface area contributed by atoms with Gasteiger partial charge in [-0.1, -0.05) is 26.3 Å². The van der Waals surface area contributed by atoms with Crippen molar-refractivity contribution >= 4 is 17.6 Å². The van der Waals surface area contributed by atoms with Gasteiger partial charge in [0.25, 0.3) is 5.91 Å². The molecule has 4 aliphatic rings. The van der Waals surface area contributed by atoms with Crippen molar-refractivity contribution < 1.29 is 24.2 Å². The van der Waals surface area contributed by atoms with Crippen LogP contribution in [0.4, 0.5) is 5.69 Å². The van der Waals surface area contributed by atoms with Gasteiger partial charge in [0.05, 0.1) is 31.2 Å². The zero-order valence-corrected chi connectivity index (χ0v) is 29.2. The number of benzene rings is 2. The maximum atomic E-state index is 14.2. The van der Waals surface area contributed by atoms with E-state index in [0.29, 0.717) is 34.6 Å². The fraction of sp³-hybridized carbons (Fsp3) is 0.553. The molecule has 2 aromatic carbocycles. The number of nitrogens with zero attached hydrogens (tertiary/aromatic N) is 3. The summed E-state index contributed by atoms with van der Waals surface area (Å²) >= 11 is 0. The zero-order chi connectivity index (χ0) is 34.2. The van der Waals surface area contributed by atoms with E-state index in [0.717, 1.165) is 68.6 Å². The molecule has 7 rings (SSSR count). The summed E-state index contributed by atoms with van der Waals surface area (Å²) in [6.07, 6.45) is 7.06. The van der Waals surface area contributed by atoms with Gasteiger partial charge in [0, 0.05) is 12.2 Å². The normalized spacial score (nSPS) is 24.0. The van der Waals surface area contributed by atoms with Crippen molar-refractivity contribution in [1.29, 1.82) is 0 Å². The summed E-state index contributed by atoms with van der Waals surface area (Å²) in [5, 5.41) is 22.2. The number of carbonyl (C=O) groups excluding carboxylic acids is 1. The molecule has 0 radical (unpaired) electrons. The van der Waals surface area contributed by atoms with E-state index < -0.39 is 17.4 Å². The second-order valence-corrected chi connectivity index (χ2v) is 14.6. The second-order valence-electron chi connectivity index (χ2n) is 14.6. The molecule has 258 valence electrons. The molecule has 3 N–H and O–H groups in total. The minimum absolute atomic E-state index is 0.0425. The summed E-state index contributed by atoms with van der Waals surface area (Å²) in [4.78, 5) is 29.4. The predicted octanol–water partition coefficient (Wildman–Crippen LogP) is 6.44. The van der Waals surface area contributed by atoms with E-state index in [2.05, 4.69) is 55.6 Å². The van der Waals surface area contributed by atoms with Crippen molar-refractivity contribution in [3.8, 4) is 28.4 Å². The van der Waals surface area contributed by atoms with Crippen LogP contribution >= 0.6 is 0 Å². The summed E-state index contributed by atoms with van der Waals surface area (Å²) in [6.45, 7) is 6.26. The van der Waals surface area contributed by atoms with Gasteiger partial charge in [0.1, 0.15) is 17.0 Å². The number of aromatic nitrogens is 2. The van der Waals surface area contributed by atoms with E-state index in [9.17, 15) is 14.7 Å². The summed E-state index contributed by atoms with van der Waals surface area (Å²) in [7, 11) is 7.42. The fourth-order valence-electron chi connectivity index (χ4n) is 8.86. The molecule has 48 heavy (non-hydrogen) atoms. The summed E-state index contributed by atoms with van der Waals surface area (Å²) < 4.78 is 13.4. The van der Waals surface area contributed by atoms with Crippen LogP contribution in [0.15, 0.2) is 42.5 Å². The maximum Gasteiger partial charge on any atom is 0.330 e. The molecule has 4 fully saturated rings. The summed E-state index contributed by atoms with van der Waals surface area (Å²) in [5.41, 5.74) is 3.10. The first-order chi connectivity index (χ1) is 23.1. The number of methoxy groups -OCH3 is 2. The first-order valence-corrected chi connectivity index (χ1v) is 17.5. The number of carbonyl (C=O) groups is 2. The molecule has 3 aromatic rings. The molecule has 0 spiro atoms. The largest absolute Gasteiger partial charge is 0.496 e. The Morgan fingerprint density at radius 1 is 1.02 bits per heavy atom. The van der Waals surface area contributed by atoms with Crippen LogP contribution < -0.4 is 20.1 Å². The number of nitrogens with one attached hydrogen (secondary N) is 2. The van der Waals surface area contributed by atoms with E-state index in [4.69, 9.17) is 14.6 Å². The first kappa shape index (κ1) is 33.8. The van der Waals surface area contributed by atoms with Gasteiger partial charge in [-0.15, -0.1) is 0 Å². The molecule has 4 bridgehead atoms. The van der Waals surface area contributed by atoms with Crippen LogP contribution in [0.5, 0.6) is 11.5 Å². The predicted molar refractivity (Wildman–Crippen MR) is 187 cm³/mol. The smallest absolute Gasteiger partial charge is 0.330 e. The Balaban J connectivity index is 1.37. The average molecular weight is 658 g/mol. The van der Waals surface area contributed by atoms with E-state index in [1.807, 2.05) is 24.3 Å². The highest BCUT2D eigenvalue weighted by molar-refractivity contribution is 5.98. The lowest BCUT2D eigenvalue weighted by Crippen LogP contribution is -2.62. The van der Waals surface area contributed by atoms with E-state index in [-0.39, 0.29) is 23.4 Å². The quantitative estimate of drug-likeness (QED) is 0.160. The topological polar surface area (TPSA) is 118 Å². The van der Waals surface area contributed by atoms with E-state index in [1.54, 1.807) is 25.0 Å². The Hall–Kier alpha value is -4.05. The molecular formula is C38H51N5O5. The lowest BCUT2D eigenvalue weighted by atomic mass is 9.70. The Morgan fingerprint density at radius 3 is 2.42 bits per heavy atom. The van der Waals surface area contributed by atoms with Crippen LogP contribution in [0.1, 0.15) is 80.8 Å². The van der Waals surface area contributed by atoms with Crippen LogP contribution in [0.3, 0.4) is 0 Å². The Labute approximate surface area is 284 Å². The lowest BCUT2D eigenvalue weighted by Gasteiger charge is -2.41. The Bertz CT molecular complexity index is 1620. The first-order valence-electron chi connectivity index (χ1n) is 17.5. The number of ether oxygens (including phenoxy) is 2. The van der Waals surface area contributed by atoms with Crippen molar-refractivity contribution in [2.45, 2.75) is 70.3 Å². The van der Waals surface area contributed by atoms with Gasteiger partial charge in [-0.25, -0.2) is 9.48 Å². The lowest BCUT2D eigenvalue weighted by molar-refractivity contribution is -0.149. The van der Waals surface area contributed by atoms with Crippen LogP contribution in [-0.2, 0) is 4.79 Å². The van der Waals surface area contributed by atoms with Crippen LogP contribution in [0, 0.1) is 23.7 Å². The number of hydrogen-bond donors (Lipinski definition) is 3. The minimum Gasteiger partial charge on any atom is -0.496 e. The van der Waals surface area contributed by atoms with Crippen LogP contribution in [-0.4, -0.2) is 78.6 Å². The standard InChI is InChI=1S/C38H51N5O5/c1-23(2)28-21-27(39-15-8-7-9-16-42(3)4)13-14-31(28)43-32(35-33(47-5)11-10-12-34(35)48-6)22-30(41-43)36(44)40-38(37(45)46)26-18-24-17-25(20-26)29(38)19-24/h10-14,21-26,29,39H,7-9,15-20H2,1-6H3,(H,40,44)(H,45,46). The molecule has 5 atom stereocenters. The molecule has 0 saturated heterocycles. The SMILES string of the molecule is COc1cccc(OC)c1-c1cc(C(=O)NC2(C(=O)O)C3CC4CC(C3)C2C4)nn1-c1ccc(NCCCCCN(C)C)cc1C(C)C. The van der Waals surface area contributed by atoms with Gasteiger partial charge in [0.2, 0.25) is 0 Å². The van der Waals surface area contributed by atoms with Crippen molar-refractivity contribution in [3.63, 3.8) is 0 Å². The Kier molecular flexibility index (Phi) is 9.74. The van der Waals surface area contributed by atoms with Crippen molar-refractivity contribution in [2.24, 2.45) is 23.7 Å². The second kappa shape index (κ2) is 13.8. The molecule has 4 aliphatic carbocycles. The molecule has 10 nitrogen and oxygen atoms in total. The number of carboxylic acids is 1.